The zero-order valence-corrected chi connectivity index (χ0v) is 14.8. The van der Waals surface area contributed by atoms with E-state index in [-0.39, 0.29) is 13.0 Å². The molecule has 27 heavy (non-hydrogen) atoms. The molecule has 4 atom stereocenters. The van der Waals surface area contributed by atoms with Crippen LogP contribution in [0.5, 0.6) is 11.5 Å². The molecule has 1 saturated heterocycles. The number of rotatable bonds is 5. The van der Waals surface area contributed by atoms with Gasteiger partial charge in [0.05, 0.1) is 31.5 Å². The Kier molecular flexibility index (Phi) is 6.08. The van der Waals surface area contributed by atoms with Crippen molar-refractivity contribution in [2.45, 2.75) is 30.8 Å². The molecule has 2 aromatic carbocycles. The second kappa shape index (κ2) is 8.49. The summed E-state index contributed by atoms with van der Waals surface area (Å²) in [5.74, 6) is 0.567. The highest BCUT2D eigenvalue weighted by molar-refractivity contribution is 5.89. The Morgan fingerprint density at radius 1 is 1.15 bits per heavy atom. The lowest BCUT2D eigenvalue weighted by Crippen LogP contribution is -2.44. The summed E-state index contributed by atoms with van der Waals surface area (Å²) in [5.41, 5.74) is 1.05. The Balaban J connectivity index is 1.73. The number of hydrogen-bond donors (Lipinski definition) is 3. The molecule has 1 fully saturated rings. The van der Waals surface area contributed by atoms with Crippen LogP contribution in [-0.4, -0.2) is 53.3 Å². The van der Waals surface area contributed by atoms with Gasteiger partial charge in [0.25, 0.3) is 0 Å². The molecule has 4 unspecified atom stereocenters. The third-order valence-electron chi connectivity index (χ3n) is 4.45. The summed E-state index contributed by atoms with van der Waals surface area (Å²) < 4.78 is 16.1. The summed E-state index contributed by atoms with van der Waals surface area (Å²) >= 11 is 0. The van der Waals surface area contributed by atoms with Crippen molar-refractivity contribution in [3.05, 3.63) is 59.7 Å². The SMILES string of the molecule is COC(=O)c1cccc(Oc2ccc(C3OC(CO)CC(O)C3O)cc2)c1. The first-order valence-corrected chi connectivity index (χ1v) is 8.60. The predicted octanol–water partition coefficient (Wildman–Crippen LogP) is 1.81. The predicted molar refractivity (Wildman–Crippen MR) is 95.6 cm³/mol. The van der Waals surface area contributed by atoms with Crippen molar-refractivity contribution in [3.63, 3.8) is 0 Å². The summed E-state index contributed by atoms with van der Waals surface area (Å²) in [4.78, 5) is 11.6. The first kappa shape index (κ1) is 19.3. The molecule has 7 nitrogen and oxygen atoms in total. The second-order valence-corrected chi connectivity index (χ2v) is 6.35. The van der Waals surface area contributed by atoms with Gasteiger partial charge in [-0.25, -0.2) is 4.79 Å². The summed E-state index contributed by atoms with van der Waals surface area (Å²) in [6, 6.07) is 13.5. The molecular weight excluding hydrogens is 352 g/mol. The maximum Gasteiger partial charge on any atom is 0.337 e. The molecular formula is C20H22O7. The van der Waals surface area contributed by atoms with Gasteiger partial charge in [-0.2, -0.15) is 0 Å². The quantitative estimate of drug-likeness (QED) is 0.686. The average Bonchev–Trinajstić information content (AvgIpc) is 2.70. The summed E-state index contributed by atoms with van der Waals surface area (Å²) in [5, 5.41) is 29.4. The van der Waals surface area contributed by atoms with Crippen molar-refractivity contribution in [3.8, 4) is 11.5 Å². The van der Waals surface area contributed by atoms with Crippen LogP contribution in [-0.2, 0) is 9.47 Å². The molecule has 2 aromatic rings. The Morgan fingerprint density at radius 3 is 2.56 bits per heavy atom. The van der Waals surface area contributed by atoms with Crippen LogP contribution in [0.1, 0.15) is 28.4 Å². The van der Waals surface area contributed by atoms with Gasteiger partial charge in [-0.05, 0) is 35.9 Å². The molecule has 144 valence electrons. The highest BCUT2D eigenvalue weighted by atomic mass is 16.5. The molecule has 0 radical (unpaired) electrons. The van der Waals surface area contributed by atoms with E-state index in [1.807, 2.05) is 0 Å². The number of methoxy groups -OCH3 is 1. The number of esters is 1. The monoisotopic (exact) mass is 374 g/mol. The summed E-state index contributed by atoms with van der Waals surface area (Å²) in [7, 11) is 1.31. The fourth-order valence-electron chi connectivity index (χ4n) is 3.01. The maximum absolute atomic E-state index is 11.6. The van der Waals surface area contributed by atoms with Crippen LogP contribution in [0.3, 0.4) is 0 Å². The van der Waals surface area contributed by atoms with Crippen molar-refractivity contribution in [1.82, 2.24) is 0 Å². The zero-order valence-electron chi connectivity index (χ0n) is 14.8. The van der Waals surface area contributed by atoms with Crippen molar-refractivity contribution in [2.24, 2.45) is 0 Å². The van der Waals surface area contributed by atoms with Gasteiger partial charge in [0, 0.05) is 6.42 Å². The Labute approximate surface area is 156 Å². The van der Waals surface area contributed by atoms with Crippen molar-refractivity contribution < 1.29 is 34.3 Å². The van der Waals surface area contributed by atoms with E-state index in [4.69, 9.17) is 14.2 Å². The molecule has 3 rings (SSSR count). The third-order valence-corrected chi connectivity index (χ3v) is 4.45. The van der Waals surface area contributed by atoms with Crippen LogP contribution in [0.15, 0.2) is 48.5 Å². The fraction of sp³-hybridized carbons (Fsp3) is 0.350. The summed E-state index contributed by atoms with van der Waals surface area (Å²) in [6.45, 7) is -0.224. The van der Waals surface area contributed by atoms with E-state index in [2.05, 4.69) is 0 Å². The van der Waals surface area contributed by atoms with Crippen LogP contribution < -0.4 is 4.74 Å². The molecule has 0 aliphatic carbocycles. The van der Waals surface area contributed by atoms with E-state index < -0.39 is 30.4 Å². The smallest absolute Gasteiger partial charge is 0.337 e. The molecule has 0 amide bonds. The van der Waals surface area contributed by atoms with E-state index in [9.17, 15) is 20.1 Å². The molecule has 0 aromatic heterocycles. The van der Waals surface area contributed by atoms with E-state index in [1.54, 1.807) is 48.5 Å². The van der Waals surface area contributed by atoms with Gasteiger partial charge >= 0.3 is 5.97 Å². The lowest BCUT2D eigenvalue weighted by Gasteiger charge is -2.36. The largest absolute Gasteiger partial charge is 0.465 e. The standard InChI is InChI=1S/C20H22O7/c1-25-20(24)13-3-2-4-15(9-13)26-14-7-5-12(6-8-14)19-18(23)17(22)10-16(11-21)27-19/h2-9,16-19,21-23H,10-11H2,1H3. The lowest BCUT2D eigenvalue weighted by atomic mass is 9.93. The van der Waals surface area contributed by atoms with E-state index in [1.165, 1.54) is 7.11 Å². The molecule has 1 heterocycles. The number of benzene rings is 2. The van der Waals surface area contributed by atoms with Gasteiger partial charge in [-0.3, -0.25) is 0 Å². The molecule has 1 aliphatic rings. The molecule has 3 N–H and O–H groups in total. The number of carbonyl (C=O) groups is 1. The van der Waals surface area contributed by atoms with Crippen molar-refractivity contribution in [2.75, 3.05) is 13.7 Å². The first-order chi connectivity index (χ1) is 13.0. The minimum absolute atomic E-state index is 0.186. The molecule has 0 spiro atoms. The van der Waals surface area contributed by atoms with Gasteiger partial charge in [-0.15, -0.1) is 0 Å². The fourth-order valence-corrected chi connectivity index (χ4v) is 3.01. The van der Waals surface area contributed by atoms with Crippen molar-refractivity contribution in [1.29, 1.82) is 0 Å². The lowest BCUT2D eigenvalue weighted by molar-refractivity contribution is -0.179. The first-order valence-electron chi connectivity index (χ1n) is 8.60. The normalized spacial score (nSPS) is 25.0. The van der Waals surface area contributed by atoms with Gasteiger partial charge < -0.3 is 29.5 Å². The highest BCUT2D eigenvalue weighted by Gasteiger charge is 2.37. The number of carbonyl (C=O) groups excluding carboxylic acids is 1. The Morgan fingerprint density at radius 2 is 1.89 bits per heavy atom. The van der Waals surface area contributed by atoms with Crippen LogP contribution in [0.25, 0.3) is 0 Å². The third kappa shape index (κ3) is 4.45. The van der Waals surface area contributed by atoms with Crippen molar-refractivity contribution >= 4 is 5.97 Å². The number of hydrogen-bond acceptors (Lipinski definition) is 7. The van der Waals surface area contributed by atoms with Crippen LogP contribution in [0, 0.1) is 0 Å². The van der Waals surface area contributed by atoms with E-state index in [0.717, 1.165) is 0 Å². The molecule has 7 heteroatoms. The Hall–Kier alpha value is -2.45. The minimum Gasteiger partial charge on any atom is -0.465 e. The summed E-state index contributed by atoms with van der Waals surface area (Å²) in [6.07, 6.45) is -3.10. The van der Waals surface area contributed by atoms with Gasteiger partial charge in [0.2, 0.25) is 0 Å². The molecule has 1 aliphatic heterocycles. The van der Waals surface area contributed by atoms with Crippen LogP contribution in [0.2, 0.25) is 0 Å². The van der Waals surface area contributed by atoms with Crippen LogP contribution >= 0.6 is 0 Å². The van der Waals surface area contributed by atoms with Crippen LogP contribution in [0.4, 0.5) is 0 Å². The Bertz CT molecular complexity index is 774. The maximum atomic E-state index is 11.6. The van der Waals surface area contributed by atoms with Gasteiger partial charge in [0.1, 0.15) is 23.7 Å². The average molecular weight is 374 g/mol. The molecule has 0 saturated carbocycles. The van der Waals surface area contributed by atoms with E-state index >= 15 is 0 Å². The topological polar surface area (TPSA) is 105 Å². The zero-order chi connectivity index (χ0) is 19.4. The number of aliphatic hydroxyl groups is 3. The molecule has 0 bridgehead atoms. The number of aliphatic hydroxyl groups excluding tert-OH is 3. The van der Waals surface area contributed by atoms with Gasteiger partial charge in [-0.1, -0.05) is 18.2 Å². The van der Waals surface area contributed by atoms with Gasteiger partial charge in [0.15, 0.2) is 0 Å². The second-order valence-electron chi connectivity index (χ2n) is 6.35. The number of ether oxygens (including phenoxy) is 3. The minimum atomic E-state index is -1.07. The highest BCUT2D eigenvalue weighted by Crippen LogP contribution is 2.33. The van der Waals surface area contributed by atoms with E-state index in [0.29, 0.717) is 22.6 Å².